The number of hydrogen-bond donors (Lipinski definition) is 1. The highest BCUT2D eigenvalue weighted by Gasteiger charge is 2.35. The first-order valence-corrected chi connectivity index (χ1v) is 11.2. The molecule has 33 heavy (non-hydrogen) atoms. The van der Waals surface area contributed by atoms with Crippen molar-refractivity contribution < 1.29 is 35.9 Å². The molecule has 8 nitrogen and oxygen atoms in total. The van der Waals surface area contributed by atoms with E-state index in [1.807, 2.05) is 0 Å². The third-order valence-corrected chi connectivity index (χ3v) is 5.51. The van der Waals surface area contributed by atoms with E-state index < -0.39 is 39.1 Å². The molecule has 0 spiro atoms. The van der Waals surface area contributed by atoms with Crippen molar-refractivity contribution in [1.29, 1.82) is 0 Å². The quantitative estimate of drug-likeness (QED) is 0.561. The summed E-state index contributed by atoms with van der Waals surface area (Å²) in [7, 11) is -2.10. The van der Waals surface area contributed by atoms with E-state index in [2.05, 4.69) is 15.5 Å². The minimum atomic E-state index is -4.85. The molecular formula is C21H18F3N3O5S. The Balaban J connectivity index is 2.00. The number of methoxy groups -OCH3 is 1. The number of rotatable bonds is 6. The zero-order valence-electron chi connectivity index (χ0n) is 17.6. The Labute approximate surface area is 187 Å². The second kappa shape index (κ2) is 9.06. The Bertz CT molecular complexity index is 1310. The number of benzene rings is 2. The van der Waals surface area contributed by atoms with E-state index >= 15 is 0 Å². The first-order chi connectivity index (χ1) is 15.4. The maximum absolute atomic E-state index is 13.2. The molecule has 3 aromatic rings. The molecule has 0 bridgehead atoms. The molecule has 0 saturated carbocycles. The van der Waals surface area contributed by atoms with E-state index in [9.17, 15) is 26.4 Å². The third kappa shape index (κ3) is 5.77. The van der Waals surface area contributed by atoms with E-state index in [4.69, 9.17) is 9.47 Å². The molecular weight excluding hydrogens is 463 g/mol. The van der Waals surface area contributed by atoms with Crippen molar-refractivity contribution in [2.45, 2.75) is 18.0 Å². The topological polar surface area (TPSA) is 107 Å². The highest BCUT2D eigenvalue weighted by atomic mass is 32.2. The molecule has 174 valence electrons. The zero-order chi connectivity index (χ0) is 24.4. The highest BCUT2D eigenvalue weighted by molar-refractivity contribution is 7.90. The number of carbonyl (C=O) groups excluding carboxylic acids is 1. The van der Waals surface area contributed by atoms with Gasteiger partial charge in [0, 0.05) is 11.9 Å². The fourth-order valence-electron chi connectivity index (χ4n) is 2.73. The van der Waals surface area contributed by atoms with Gasteiger partial charge in [0.2, 0.25) is 0 Å². The molecule has 3 rings (SSSR count). The summed E-state index contributed by atoms with van der Waals surface area (Å²) in [4.78, 5) is 12.8. The molecule has 0 radical (unpaired) electrons. The molecule has 1 N–H and O–H groups in total. The minimum absolute atomic E-state index is 0.0554. The smallest absolute Gasteiger partial charge is 0.435 e. The standard InChI is InChI=1S/C21H18F3N3O5S/c1-12-9-14(31-2)7-8-17(12)32-20-16(11-18(26-27-20)21(22,23)24)19(28)25-13-5-4-6-15(10-13)33(3,29)30/h4-11H,1-3H3,(H,25,28). The van der Waals surface area contributed by atoms with Crippen LogP contribution in [0.25, 0.3) is 0 Å². The number of ether oxygens (including phenoxy) is 2. The minimum Gasteiger partial charge on any atom is -0.497 e. The Morgan fingerprint density at radius 3 is 2.39 bits per heavy atom. The first kappa shape index (κ1) is 24.0. The van der Waals surface area contributed by atoms with Crippen LogP contribution in [0.4, 0.5) is 18.9 Å². The number of aromatic nitrogens is 2. The van der Waals surface area contributed by atoms with Crippen LogP contribution in [0.3, 0.4) is 0 Å². The predicted octanol–water partition coefficient (Wildman–Crippen LogP) is 4.26. The van der Waals surface area contributed by atoms with Crippen LogP contribution < -0.4 is 14.8 Å². The Kier molecular flexibility index (Phi) is 6.58. The lowest BCUT2D eigenvalue weighted by atomic mass is 10.2. The molecule has 0 aliphatic rings. The number of hydrogen-bond acceptors (Lipinski definition) is 7. The van der Waals surface area contributed by atoms with Gasteiger partial charge in [0.1, 0.15) is 17.1 Å². The van der Waals surface area contributed by atoms with Crippen molar-refractivity contribution in [2.24, 2.45) is 0 Å². The third-order valence-electron chi connectivity index (χ3n) is 4.40. The molecule has 2 aromatic carbocycles. The zero-order valence-corrected chi connectivity index (χ0v) is 18.4. The number of amides is 1. The lowest BCUT2D eigenvalue weighted by Gasteiger charge is -2.14. The van der Waals surface area contributed by atoms with Gasteiger partial charge in [0.05, 0.1) is 12.0 Å². The van der Waals surface area contributed by atoms with E-state index in [-0.39, 0.29) is 16.3 Å². The lowest BCUT2D eigenvalue weighted by molar-refractivity contribution is -0.141. The van der Waals surface area contributed by atoms with E-state index in [1.165, 1.54) is 37.4 Å². The Morgan fingerprint density at radius 2 is 1.79 bits per heavy atom. The summed E-state index contributed by atoms with van der Waals surface area (Å²) in [5, 5.41) is 8.96. The average Bonchev–Trinajstić information content (AvgIpc) is 2.74. The van der Waals surface area contributed by atoms with Crippen LogP contribution >= 0.6 is 0 Å². The van der Waals surface area contributed by atoms with Crippen molar-refractivity contribution in [3.63, 3.8) is 0 Å². The molecule has 1 aromatic heterocycles. The normalized spacial score (nSPS) is 11.7. The van der Waals surface area contributed by atoms with Gasteiger partial charge in [-0.25, -0.2) is 8.42 Å². The summed E-state index contributed by atoms with van der Waals surface area (Å²) in [5.41, 5.74) is -1.31. The van der Waals surface area contributed by atoms with Crippen LogP contribution in [0.15, 0.2) is 53.4 Å². The highest BCUT2D eigenvalue weighted by Crippen LogP contribution is 2.33. The Morgan fingerprint density at radius 1 is 1.06 bits per heavy atom. The van der Waals surface area contributed by atoms with Crippen LogP contribution in [0.2, 0.25) is 0 Å². The fraction of sp³-hybridized carbons (Fsp3) is 0.190. The van der Waals surface area contributed by atoms with Crippen LogP contribution in [-0.4, -0.2) is 37.9 Å². The average molecular weight is 481 g/mol. The summed E-state index contributed by atoms with van der Waals surface area (Å²) >= 11 is 0. The van der Waals surface area contributed by atoms with Gasteiger partial charge in [0.25, 0.3) is 11.8 Å². The molecule has 0 aliphatic carbocycles. The second-order valence-corrected chi connectivity index (χ2v) is 8.95. The van der Waals surface area contributed by atoms with Gasteiger partial charge < -0.3 is 14.8 Å². The number of halogens is 3. The summed E-state index contributed by atoms with van der Waals surface area (Å²) in [6.45, 7) is 1.67. The van der Waals surface area contributed by atoms with Crippen molar-refractivity contribution >= 4 is 21.4 Å². The van der Waals surface area contributed by atoms with Gasteiger partial charge in [-0.05, 0) is 55.0 Å². The van der Waals surface area contributed by atoms with Crippen LogP contribution in [0.5, 0.6) is 17.4 Å². The molecule has 0 aliphatic heterocycles. The summed E-state index contributed by atoms with van der Waals surface area (Å²) in [6, 6.07) is 10.5. The Hall–Kier alpha value is -3.67. The monoisotopic (exact) mass is 481 g/mol. The van der Waals surface area contributed by atoms with Gasteiger partial charge in [-0.3, -0.25) is 4.79 Å². The number of nitrogens with one attached hydrogen (secondary N) is 1. The van der Waals surface area contributed by atoms with Crippen LogP contribution in [0.1, 0.15) is 21.6 Å². The molecule has 0 saturated heterocycles. The molecule has 0 fully saturated rings. The van der Waals surface area contributed by atoms with E-state index in [0.717, 1.165) is 6.26 Å². The second-order valence-electron chi connectivity index (χ2n) is 6.93. The van der Waals surface area contributed by atoms with Gasteiger partial charge in [-0.15, -0.1) is 10.2 Å². The van der Waals surface area contributed by atoms with E-state index in [0.29, 0.717) is 17.4 Å². The van der Waals surface area contributed by atoms with Crippen LogP contribution in [-0.2, 0) is 16.0 Å². The van der Waals surface area contributed by atoms with Gasteiger partial charge >= 0.3 is 6.18 Å². The SMILES string of the molecule is COc1ccc(Oc2nnc(C(F)(F)F)cc2C(=O)Nc2cccc(S(C)(=O)=O)c2)c(C)c1. The summed E-state index contributed by atoms with van der Waals surface area (Å²) in [6.07, 6.45) is -3.87. The number of sulfone groups is 1. The molecule has 0 unspecified atom stereocenters. The molecule has 1 heterocycles. The van der Waals surface area contributed by atoms with Gasteiger partial charge in [-0.1, -0.05) is 6.07 Å². The van der Waals surface area contributed by atoms with Crippen molar-refractivity contribution in [3.8, 4) is 17.4 Å². The maximum Gasteiger partial charge on any atom is 0.435 e. The van der Waals surface area contributed by atoms with Gasteiger partial charge in [-0.2, -0.15) is 13.2 Å². The van der Waals surface area contributed by atoms with Crippen molar-refractivity contribution in [2.75, 3.05) is 18.7 Å². The van der Waals surface area contributed by atoms with E-state index in [1.54, 1.807) is 19.1 Å². The lowest BCUT2D eigenvalue weighted by Crippen LogP contribution is -2.18. The van der Waals surface area contributed by atoms with Crippen molar-refractivity contribution in [3.05, 3.63) is 65.4 Å². The first-order valence-electron chi connectivity index (χ1n) is 9.27. The number of alkyl halides is 3. The predicted molar refractivity (Wildman–Crippen MR) is 112 cm³/mol. The summed E-state index contributed by atoms with van der Waals surface area (Å²) in [5.74, 6) is -0.713. The molecule has 1 amide bonds. The number of anilines is 1. The summed E-state index contributed by atoms with van der Waals surface area (Å²) < 4.78 is 73.8. The van der Waals surface area contributed by atoms with Crippen LogP contribution in [0, 0.1) is 6.92 Å². The van der Waals surface area contributed by atoms with Crippen molar-refractivity contribution in [1.82, 2.24) is 10.2 Å². The number of nitrogens with zero attached hydrogens (tertiary/aromatic N) is 2. The van der Waals surface area contributed by atoms with Gasteiger partial charge in [0.15, 0.2) is 15.5 Å². The molecule has 0 atom stereocenters. The fourth-order valence-corrected chi connectivity index (χ4v) is 3.39. The maximum atomic E-state index is 13.2. The number of aryl methyl sites for hydroxylation is 1. The number of carbonyl (C=O) groups is 1. The molecule has 12 heteroatoms. The largest absolute Gasteiger partial charge is 0.497 e.